The lowest BCUT2D eigenvalue weighted by molar-refractivity contribution is -0.122. The van der Waals surface area contributed by atoms with Crippen LogP contribution in [0.2, 0.25) is 0 Å². The monoisotopic (exact) mass is 378 g/mol. The van der Waals surface area contributed by atoms with Gasteiger partial charge in [-0.05, 0) is 50.5 Å². The molecule has 1 atom stereocenters. The molecule has 2 aromatic carbocycles. The highest BCUT2D eigenvalue weighted by Gasteiger charge is 2.26. The molecule has 6 nitrogen and oxygen atoms in total. The summed E-state index contributed by atoms with van der Waals surface area (Å²) in [5, 5.41) is 14.8. The van der Waals surface area contributed by atoms with E-state index >= 15 is 0 Å². The summed E-state index contributed by atoms with van der Waals surface area (Å²) in [7, 11) is 3.77. The zero-order valence-electron chi connectivity index (χ0n) is 15.5. The van der Waals surface area contributed by atoms with Gasteiger partial charge in [-0.3, -0.25) is 9.69 Å². The number of carbonyl (C=O) groups excluding carboxylic acids is 1. The van der Waals surface area contributed by atoms with Gasteiger partial charge in [-0.25, -0.2) is 4.39 Å². The van der Waals surface area contributed by atoms with Crippen LogP contribution in [0.25, 0.3) is 0 Å². The minimum Gasteiger partial charge on any atom is -0.477 e. The van der Waals surface area contributed by atoms with Crippen LogP contribution in [0.1, 0.15) is 11.1 Å². The molecule has 0 saturated carbocycles. The molecule has 1 amide bonds. The maximum Gasteiger partial charge on any atom is 0.267 e. The molecule has 2 aromatic rings. The molecule has 1 heterocycles. The van der Waals surface area contributed by atoms with E-state index < -0.39 is 11.9 Å². The number of carbonyl (C=O) groups is 1. The Morgan fingerprint density at radius 2 is 2.18 bits per heavy atom. The van der Waals surface area contributed by atoms with Gasteiger partial charge in [0, 0.05) is 0 Å². The smallest absolute Gasteiger partial charge is 0.267 e. The molecule has 3 rings (SSSR count). The van der Waals surface area contributed by atoms with E-state index in [9.17, 15) is 9.18 Å². The molecule has 0 saturated heterocycles. The van der Waals surface area contributed by atoms with Gasteiger partial charge in [-0.15, -0.1) is 0 Å². The Hall–Kier alpha value is -3.55. The molecule has 1 aliphatic heterocycles. The van der Waals surface area contributed by atoms with E-state index in [1.165, 1.54) is 18.2 Å². The predicted molar refractivity (Wildman–Crippen MR) is 105 cm³/mol. The summed E-state index contributed by atoms with van der Waals surface area (Å²) in [6.07, 6.45) is -0.770. The Balaban J connectivity index is 1.74. The van der Waals surface area contributed by atoms with E-state index in [-0.39, 0.29) is 12.5 Å². The number of nitrogens with one attached hydrogen (secondary N) is 2. The van der Waals surface area contributed by atoms with Gasteiger partial charge in [0.1, 0.15) is 11.6 Å². The highest BCUT2D eigenvalue weighted by Crippen LogP contribution is 2.30. The minimum atomic E-state index is -0.770. The number of fused-ring (bicyclic) bond motifs is 1. The molecule has 0 aliphatic carbocycles. The number of amides is 1. The number of benzene rings is 2. The quantitative estimate of drug-likeness (QED) is 0.802. The summed E-state index contributed by atoms with van der Waals surface area (Å²) >= 11 is 0. The number of hydrogen-bond donors (Lipinski definition) is 2. The maximum absolute atomic E-state index is 13.6. The van der Waals surface area contributed by atoms with Crippen molar-refractivity contribution in [2.45, 2.75) is 6.10 Å². The van der Waals surface area contributed by atoms with Crippen molar-refractivity contribution in [3.05, 3.63) is 53.3 Å². The highest BCUT2D eigenvalue weighted by atomic mass is 19.1. The van der Waals surface area contributed by atoms with Crippen molar-refractivity contribution in [1.29, 1.82) is 5.26 Å². The summed E-state index contributed by atoms with van der Waals surface area (Å²) in [5.74, 6) is 5.52. The van der Waals surface area contributed by atoms with E-state index in [2.05, 4.69) is 28.5 Å². The molecule has 0 fully saturated rings. The molecule has 0 bridgehead atoms. The summed E-state index contributed by atoms with van der Waals surface area (Å²) in [5.41, 5.74) is 2.00. The fourth-order valence-electron chi connectivity index (χ4n) is 2.62. The third-order valence-electron chi connectivity index (χ3n) is 4.01. The van der Waals surface area contributed by atoms with Crippen molar-refractivity contribution < 1.29 is 13.9 Å². The largest absolute Gasteiger partial charge is 0.477 e. The Morgan fingerprint density at radius 1 is 1.36 bits per heavy atom. The molecule has 2 N–H and O–H groups in total. The highest BCUT2D eigenvalue weighted by molar-refractivity contribution is 5.96. The SMILES string of the molecule is CN(C)CC#Cc1cc(F)ccc1NC(=O)C1CNc2cc(C#N)ccc2O1. The minimum absolute atomic E-state index is 0.247. The van der Waals surface area contributed by atoms with E-state index in [0.29, 0.717) is 34.8 Å². The van der Waals surface area contributed by atoms with Crippen molar-refractivity contribution in [3.63, 3.8) is 0 Å². The zero-order chi connectivity index (χ0) is 20.1. The molecule has 1 aliphatic rings. The van der Waals surface area contributed by atoms with E-state index in [4.69, 9.17) is 10.00 Å². The van der Waals surface area contributed by atoms with Crippen LogP contribution >= 0.6 is 0 Å². The van der Waals surface area contributed by atoms with Crippen LogP contribution in [0.3, 0.4) is 0 Å². The molecule has 0 radical (unpaired) electrons. The van der Waals surface area contributed by atoms with Gasteiger partial charge < -0.3 is 15.4 Å². The lowest BCUT2D eigenvalue weighted by atomic mass is 10.1. The molecule has 0 spiro atoms. The second kappa shape index (κ2) is 8.43. The number of halogens is 1. The number of anilines is 2. The summed E-state index contributed by atoms with van der Waals surface area (Å²) in [6.45, 7) is 0.761. The van der Waals surface area contributed by atoms with Crippen molar-refractivity contribution in [2.75, 3.05) is 37.8 Å². The first kappa shape index (κ1) is 19.2. The first-order chi connectivity index (χ1) is 13.5. The number of ether oxygens (including phenoxy) is 1. The molecular formula is C21H19FN4O2. The lowest BCUT2D eigenvalue weighted by Crippen LogP contribution is -2.41. The van der Waals surface area contributed by atoms with Gasteiger partial charge in [0.05, 0.1) is 41.7 Å². The molecule has 142 valence electrons. The average molecular weight is 378 g/mol. The molecule has 7 heteroatoms. The van der Waals surface area contributed by atoms with Crippen molar-refractivity contribution in [3.8, 4) is 23.7 Å². The Morgan fingerprint density at radius 3 is 2.93 bits per heavy atom. The zero-order valence-corrected chi connectivity index (χ0v) is 15.5. The summed E-state index contributed by atoms with van der Waals surface area (Å²) in [6, 6.07) is 11.0. The molecular weight excluding hydrogens is 359 g/mol. The topological polar surface area (TPSA) is 77.4 Å². The summed E-state index contributed by atoms with van der Waals surface area (Å²) < 4.78 is 19.3. The average Bonchev–Trinajstić information content (AvgIpc) is 2.68. The first-order valence-corrected chi connectivity index (χ1v) is 8.65. The second-order valence-corrected chi connectivity index (χ2v) is 6.53. The number of nitrogens with zero attached hydrogens (tertiary/aromatic N) is 2. The van der Waals surface area contributed by atoms with Gasteiger partial charge >= 0.3 is 0 Å². The number of rotatable bonds is 3. The van der Waals surface area contributed by atoms with E-state index in [1.54, 1.807) is 18.2 Å². The van der Waals surface area contributed by atoms with Gasteiger partial charge in [0.25, 0.3) is 5.91 Å². The van der Waals surface area contributed by atoms with Crippen LogP contribution in [0.5, 0.6) is 5.75 Å². The fourth-order valence-corrected chi connectivity index (χ4v) is 2.62. The Kier molecular flexibility index (Phi) is 5.78. The van der Waals surface area contributed by atoms with Crippen molar-refractivity contribution in [1.82, 2.24) is 4.90 Å². The predicted octanol–water partition coefficient (Wildman–Crippen LogP) is 2.42. The third kappa shape index (κ3) is 4.59. The van der Waals surface area contributed by atoms with Gasteiger partial charge in [0.15, 0.2) is 6.10 Å². The van der Waals surface area contributed by atoms with Gasteiger partial charge in [-0.2, -0.15) is 5.26 Å². The third-order valence-corrected chi connectivity index (χ3v) is 4.01. The van der Waals surface area contributed by atoms with Crippen LogP contribution in [-0.4, -0.2) is 44.1 Å². The van der Waals surface area contributed by atoms with Crippen LogP contribution in [-0.2, 0) is 4.79 Å². The number of hydrogen-bond acceptors (Lipinski definition) is 5. The van der Waals surface area contributed by atoms with Gasteiger partial charge in [-0.1, -0.05) is 11.8 Å². The molecule has 0 aromatic heterocycles. The normalized spacial score (nSPS) is 14.6. The van der Waals surface area contributed by atoms with Crippen molar-refractivity contribution >= 4 is 17.3 Å². The lowest BCUT2D eigenvalue weighted by Gasteiger charge is -2.26. The van der Waals surface area contributed by atoms with Gasteiger partial charge in [0.2, 0.25) is 0 Å². The molecule has 28 heavy (non-hydrogen) atoms. The Labute approximate surface area is 162 Å². The van der Waals surface area contributed by atoms with E-state index in [0.717, 1.165) is 0 Å². The van der Waals surface area contributed by atoms with Crippen LogP contribution in [0.4, 0.5) is 15.8 Å². The van der Waals surface area contributed by atoms with Crippen LogP contribution in [0, 0.1) is 29.0 Å². The molecule has 1 unspecified atom stereocenters. The van der Waals surface area contributed by atoms with Crippen LogP contribution < -0.4 is 15.4 Å². The summed E-state index contributed by atoms with van der Waals surface area (Å²) in [4.78, 5) is 14.5. The second-order valence-electron chi connectivity index (χ2n) is 6.53. The maximum atomic E-state index is 13.6. The Bertz CT molecular complexity index is 1000. The van der Waals surface area contributed by atoms with Crippen molar-refractivity contribution in [2.24, 2.45) is 0 Å². The first-order valence-electron chi connectivity index (χ1n) is 8.65. The fraction of sp³-hybridized carbons (Fsp3) is 0.238. The number of nitriles is 1. The van der Waals surface area contributed by atoms with E-state index in [1.807, 2.05) is 19.0 Å². The van der Waals surface area contributed by atoms with Crippen LogP contribution in [0.15, 0.2) is 36.4 Å². The standard InChI is InChI=1S/C21H19FN4O2/c1-26(2)9-3-4-15-11-16(22)6-7-17(15)25-21(27)20-13-24-18-10-14(12-23)5-8-19(18)28-20/h5-8,10-11,20,24H,9,13H2,1-2H3,(H,25,27).